The van der Waals surface area contributed by atoms with E-state index in [4.69, 9.17) is 16.7 Å². The van der Waals surface area contributed by atoms with E-state index in [1.54, 1.807) is 40.7 Å². The van der Waals surface area contributed by atoms with Gasteiger partial charge in [-0.05, 0) is 60.2 Å². The summed E-state index contributed by atoms with van der Waals surface area (Å²) in [6.07, 6.45) is 1.95. The van der Waals surface area contributed by atoms with Crippen molar-refractivity contribution in [1.82, 2.24) is 29.7 Å². The number of amides is 2. The highest BCUT2D eigenvalue weighted by Gasteiger charge is 2.22. The van der Waals surface area contributed by atoms with Crippen molar-refractivity contribution >= 4 is 40.9 Å². The van der Waals surface area contributed by atoms with Crippen LogP contribution in [-0.2, 0) is 12.0 Å². The van der Waals surface area contributed by atoms with Crippen LogP contribution in [0.2, 0.25) is 5.02 Å². The van der Waals surface area contributed by atoms with Gasteiger partial charge in [0.15, 0.2) is 11.5 Å². The summed E-state index contributed by atoms with van der Waals surface area (Å²) < 4.78 is 3.58. The van der Waals surface area contributed by atoms with Gasteiger partial charge in [0.1, 0.15) is 11.6 Å². The number of halogens is 1. The highest BCUT2D eigenvalue weighted by molar-refractivity contribution is 7.99. The van der Waals surface area contributed by atoms with Gasteiger partial charge in [0.05, 0.1) is 16.9 Å². The summed E-state index contributed by atoms with van der Waals surface area (Å²) in [7, 11) is 0. The Morgan fingerprint density at radius 2 is 1.70 bits per heavy atom. The number of hydrogen-bond donors (Lipinski definition) is 3. The van der Waals surface area contributed by atoms with Gasteiger partial charge in [-0.1, -0.05) is 74.5 Å². The Morgan fingerprint density at radius 1 is 0.955 bits per heavy atom. The third-order valence-electron chi connectivity index (χ3n) is 6.95. The molecule has 0 fully saturated rings. The summed E-state index contributed by atoms with van der Waals surface area (Å²) in [5.74, 6) is 1.25. The molecule has 3 aromatic heterocycles. The van der Waals surface area contributed by atoms with Crippen LogP contribution < -0.4 is 10.6 Å². The van der Waals surface area contributed by atoms with Gasteiger partial charge >= 0.3 is 6.03 Å². The number of phenols is 1. The normalized spacial score (nSPS) is 11.5. The van der Waals surface area contributed by atoms with E-state index in [2.05, 4.69) is 41.6 Å². The summed E-state index contributed by atoms with van der Waals surface area (Å²) >= 11 is 7.66. The second kappa shape index (κ2) is 12.1. The number of pyridine rings is 1. The van der Waals surface area contributed by atoms with Gasteiger partial charge in [-0.15, -0.1) is 10.2 Å². The molecule has 0 bridgehead atoms. The number of nitrogens with one attached hydrogen (secondary N) is 2. The van der Waals surface area contributed by atoms with E-state index in [9.17, 15) is 9.90 Å². The van der Waals surface area contributed by atoms with E-state index >= 15 is 0 Å². The molecule has 0 aliphatic rings. The molecule has 0 aliphatic carbocycles. The van der Waals surface area contributed by atoms with E-state index < -0.39 is 0 Å². The molecule has 0 radical (unpaired) electrons. The lowest BCUT2D eigenvalue weighted by Crippen LogP contribution is -2.29. The van der Waals surface area contributed by atoms with Crippen molar-refractivity contribution < 1.29 is 9.90 Å². The molecular formula is C33H30ClN7O2S. The summed E-state index contributed by atoms with van der Waals surface area (Å²) in [5.41, 5.74) is 3.66. The van der Waals surface area contributed by atoms with Crippen molar-refractivity contribution in [3.8, 4) is 22.8 Å². The maximum atomic E-state index is 13.1. The van der Waals surface area contributed by atoms with E-state index in [0.29, 0.717) is 34.4 Å². The zero-order valence-electron chi connectivity index (χ0n) is 24.3. The highest BCUT2D eigenvalue weighted by Crippen LogP contribution is 2.33. The number of rotatable bonds is 7. The van der Waals surface area contributed by atoms with Crippen LogP contribution in [-0.4, -0.2) is 35.5 Å². The first kappa shape index (κ1) is 29.3. The molecule has 0 spiro atoms. The van der Waals surface area contributed by atoms with Gasteiger partial charge in [0, 0.05) is 39.0 Å². The zero-order chi connectivity index (χ0) is 30.8. The number of urea groups is 1. The lowest BCUT2D eigenvalue weighted by atomic mass is 9.92. The van der Waals surface area contributed by atoms with Crippen LogP contribution in [0, 0.1) is 0 Å². The maximum Gasteiger partial charge on any atom is 0.320 e. The first-order valence-corrected chi connectivity index (χ1v) is 15.2. The summed E-state index contributed by atoms with van der Waals surface area (Å²) in [6.45, 7) is 6.54. The molecular weight excluding hydrogens is 594 g/mol. The number of benzene rings is 3. The Bertz CT molecular complexity index is 1960. The smallest absolute Gasteiger partial charge is 0.320 e. The minimum absolute atomic E-state index is 0.139. The Morgan fingerprint density at radius 3 is 2.48 bits per heavy atom. The van der Waals surface area contributed by atoms with Crippen LogP contribution in [0.5, 0.6) is 5.75 Å². The van der Waals surface area contributed by atoms with E-state index in [-0.39, 0.29) is 17.2 Å². The van der Waals surface area contributed by atoms with E-state index in [0.717, 1.165) is 26.7 Å². The van der Waals surface area contributed by atoms with Crippen LogP contribution in [0.4, 0.5) is 10.6 Å². The zero-order valence-corrected chi connectivity index (χ0v) is 25.9. The molecule has 11 heteroatoms. The van der Waals surface area contributed by atoms with Gasteiger partial charge in [-0.25, -0.2) is 9.48 Å². The standard InChI is InChI=1S/C33H30ClN7O2S/c1-33(2,3)28-18-30(41(39-28)23-14-12-22(34)13-15-23)36-32(43)35-19-21-8-4-7-11-27(21)44-24-16-17-29-37-38-31(40(29)20-24)25-9-5-6-10-26(25)42/h4-18,20,42H,19H2,1-3H3,(H2,35,36,43). The predicted molar refractivity (Wildman–Crippen MR) is 174 cm³/mol. The molecule has 0 atom stereocenters. The Labute approximate surface area is 263 Å². The largest absolute Gasteiger partial charge is 0.507 e. The van der Waals surface area contributed by atoms with Crippen LogP contribution in [0.15, 0.2) is 107 Å². The number of para-hydroxylation sites is 1. The number of anilines is 1. The summed E-state index contributed by atoms with van der Waals surface area (Å²) in [4.78, 5) is 15.1. The molecule has 0 aliphatic heterocycles. The first-order valence-electron chi connectivity index (χ1n) is 14.0. The molecule has 2 amide bonds. The third kappa shape index (κ3) is 6.27. The number of nitrogens with zero attached hydrogens (tertiary/aromatic N) is 5. The number of fused-ring (bicyclic) bond motifs is 1. The van der Waals surface area contributed by atoms with Crippen LogP contribution >= 0.6 is 23.4 Å². The van der Waals surface area contributed by atoms with Crippen molar-refractivity contribution in [1.29, 1.82) is 0 Å². The Kier molecular flexibility index (Phi) is 8.03. The molecule has 3 aromatic carbocycles. The van der Waals surface area contributed by atoms with Crippen LogP contribution in [0.25, 0.3) is 22.7 Å². The van der Waals surface area contributed by atoms with Crippen molar-refractivity contribution in [2.75, 3.05) is 5.32 Å². The monoisotopic (exact) mass is 623 g/mol. The topological polar surface area (TPSA) is 109 Å². The summed E-state index contributed by atoms with van der Waals surface area (Å²) in [6, 6.07) is 27.7. The molecule has 44 heavy (non-hydrogen) atoms. The average molecular weight is 624 g/mol. The molecule has 222 valence electrons. The van der Waals surface area contributed by atoms with Crippen LogP contribution in [0.3, 0.4) is 0 Å². The van der Waals surface area contributed by atoms with Crippen molar-refractivity contribution in [3.63, 3.8) is 0 Å². The second-order valence-electron chi connectivity index (χ2n) is 11.2. The highest BCUT2D eigenvalue weighted by atomic mass is 35.5. The number of carbonyl (C=O) groups is 1. The molecule has 6 rings (SSSR count). The van der Waals surface area contributed by atoms with Crippen LogP contribution in [0.1, 0.15) is 32.0 Å². The number of aromatic nitrogens is 5. The van der Waals surface area contributed by atoms with Crippen molar-refractivity contribution in [3.05, 3.63) is 113 Å². The fourth-order valence-corrected chi connectivity index (χ4v) is 5.70. The van der Waals surface area contributed by atoms with Crippen molar-refractivity contribution in [2.24, 2.45) is 0 Å². The lowest BCUT2D eigenvalue weighted by Gasteiger charge is -2.14. The Balaban J connectivity index is 1.19. The van der Waals surface area contributed by atoms with E-state index in [1.807, 2.05) is 77.3 Å². The number of hydrogen-bond acceptors (Lipinski definition) is 6. The minimum Gasteiger partial charge on any atom is -0.507 e. The van der Waals surface area contributed by atoms with Gasteiger partial charge in [0.25, 0.3) is 0 Å². The fraction of sp³-hybridized carbons (Fsp3) is 0.152. The van der Waals surface area contributed by atoms with Gasteiger partial charge in [-0.2, -0.15) is 5.10 Å². The molecule has 0 unspecified atom stereocenters. The minimum atomic E-state index is -0.349. The number of phenolic OH excluding ortho intramolecular Hbond substituents is 1. The van der Waals surface area contributed by atoms with E-state index in [1.165, 1.54) is 0 Å². The molecule has 6 aromatic rings. The second-order valence-corrected chi connectivity index (χ2v) is 12.8. The molecule has 3 N–H and O–H groups in total. The molecule has 9 nitrogen and oxygen atoms in total. The number of carbonyl (C=O) groups excluding carboxylic acids is 1. The fourth-order valence-electron chi connectivity index (χ4n) is 4.61. The summed E-state index contributed by atoms with van der Waals surface area (Å²) in [5, 5.41) is 30.3. The third-order valence-corrected chi connectivity index (χ3v) is 8.30. The van der Waals surface area contributed by atoms with Gasteiger partial charge in [0.2, 0.25) is 0 Å². The lowest BCUT2D eigenvalue weighted by molar-refractivity contribution is 0.251. The molecule has 0 saturated carbocycles. The van der Waals surface area contributed by atoms with Gasteiger partial charge < -0.3 is 10.4 Å². The molecule has 0 saturated heterocycles. The quantitative estimate of drug-likeness (QED) is 0.168. The predicted octanol–water partition coefficient (Wildman–Crippen LogP) is 7.71. The number of aromatic hydroxyl groups is 1. The molecule has 3 heterocycles. The first-order chi connectivity index (χ1) is 21.2. The SMILES string of the molecule is CC(C)(C)c1cc(NC(=O)NCc2ccccc2Sc2ccc3nnc(-c4ccccc4O)n3c2)n(-c2ccc(Cl)cc2)n1. The van der Waals surface area contributed by atoms with Gasteiger partial charge in [-0.3, -0.25) is 9.72 Å². The average Bonchev–Trinajstić information content (AvgIpc) is 3.62. The van der Waals surface area contributed by atoms with Crippen molar-refractivity contribution in [2.45, 2.75) is 42.5 Å². The Hall–Kier alpha value is -4.80. The maximum absolute atomic E-state index is 13.1.